The Morgan fingerprint density at radius 3 is 2.30 bits per heavy atom. The minimum atomic E-state index is -3.86. The average Bonchev–Trinajstić information content (AvgIpc) is 3.22. The fourth-order valence-electron chi connectivity index (χ4n) is 3.21. The van der Waals surface area contributed by atoms with Gasteiger partial charge in [0.25, 0.3) is 5.91 Å². The molecule has 1 atom stereocenters. The molecule has 3 aromatic rings. The van der Waals surface area contributed by atoms with Gasteiger partial charge in [0.15, 0.2) is 0 Å². The lowest BCUT2D eigenvalue weighted by molar-refractivity contribution is -0.133. The van der Waals surface area contributed by atoms with Gasteiger partial charge in [-0.2, -0.15) is 4.31 Å². The number of amides is 1. The highest BCUT2D eigenvalue weighted by atomic mass is 32.2. The second-order valence-corrected chi connectivity index (χ2v) is 9.10. The highest BCUT2D eigenvalue weighted by Gasteiger charge is 2.44. The van der Waals surface area contributed by atoms with Gasteiger partial charge in [0, 0.05) is 9.75 Å². The minimum Gasteiger partial charge on any atom is -0.289 e. The lowest BCUT2D eigenvalue weighted by Crippen LogP contribution is -2.39. The van der Waals surface area contributed by atoms with Crippen LogP contribution in [0.4, 0.5) is 0 Å². The third-order valence-corrected chi connectivity index (χ3v) is 7.65. The summed E-state index contributed by atoms with van der Waals surface area (Å²) in [4.78, 5) is 14.1. The summed E-state index contributed by atoms with van der Waals surface area (Å²) < 4.78 is 27.4. The zero-order chi connectivity index (χ0) is 19.0. The molecular weight excluding hydrogens is 384 g/mol. The van der Waals surface area contributed by atoms with E-state index in [4.69, 9.17) is 5.21 Å². The first-order chi connectivity index (χ1) is 13.0. The number of carbonyl (C=O) groups excluding carboxylic acids is 1. The van der Waals surface area contributed by atoms with Crippen LogP contribution in [0, 0.1) is 0 Å². The Bertz CT molecular complexity index is 1080. The smallest absolute Gasteiger partial charge is 0.266 e. The third kappa shape index (κ3) is 3.06. The van der Waals surface area contributed by atoms with Crippen molar-refractivity contribution in [2.75, 3.05) is 0 Å². The third-order valence-electron chi connectivity index (χ3n) is 4.48. The van der Waals surface area contributed by atoms with Crippen LogP contribution in [0.15, 0.2) is 71.6 Å². The number of benzene rings is 2. The summed E-state index contributed by atoms with van der Waals surface area (Å²) in [7, 11) is -3.86. The van der Waals surface area contributed by atoms with E-state index in [2.05, 4.69) is 0 Å². The summed E-state index contributed by atoms with van der Waals surface area (Å²) in [6, 6.07) is 18.6. The van der Waals surface area contributed by atoms with Gasteiger partial charge in [-0.25, -0.2) is 13.9 Å². The average molecular weight is 400 g/mol. The molecule has 0 bridgehead atoms. The van der Waals surface area contributed by atoms with Crippen molar-refractivity contribution >= 4 is 27.3 Å². The van der Waals surface area contributed by atoms with E-state index in [1.54, 1.807) is 41.9 Å². The van der Waals surface area contributed by atoms with E-state index in [1.165, 1.54) is 11.3 Å². The molecule has 0 saturated carbocycles. The van der Waals surface area contributed by atoms with Crippen molar-refractivity contribution < 1.29 is 18.4 Å². The molecule has 1 amide bonds. The van der Waals surface area contributed by atoms with Crippen LogP contribution in [0.1, 0.15) is 16.5 Å². The normalized spacial score (nSPS) is 16.6. The second kappa shape index (κ2) is 6.90. The molecular formula is C19H16N2O4S2. The Morgan fingerprint density at radius 2 is 1.70 bits per heavy atom. The molecule has 0 saturated heterocycles. The zero-order valence-electron chi connectivity index (χ0n) is 14.1. The molecule has 1 aromatic heterocycles. The summed E-state index contributed by atoms with van der Waals surface area (Å²) in [6.07, 6.45) is 0. The Balaban J connectivity index is 1.75. The summed E-state index contributed by atoms with van der Waals surface area (Å²) in [6.45, 7) is 0.0855. The van der Waals surface area contributed by atoms with E-state index in [1.807, 2.05) is 30.3 Å². The number of rotatable bonds is 4. The van der Waals surface area contributed by atoms with E-state index in [0.29, 0.717) is 10.4 Å². The maximum Gasteiger partial charge on any atom is 0.266 e. The van der Waals surface area contributed by atoms with E-state index in [-0.39, 0.29) is 11.4 Å². The van der Waals surface area contributed by atoms with Crippen molar-refractivity contribution in [1.29, 1.82) is 0 Å². The fourth-order valence-corrected chi connectivity index (χ4v) is 6.54. The topological polar surface area (TPSA) is 86.7 Å². The predicted molar refractivity (Wildman–Crippen MR) is 102 cm³/mol. The molecule has 4 rings (SSSR count). The SMILES string of the molecule is O=C(NO)C(c1ccccc1)N1Cc2sc(-c3ccccc3)cc2S1(=O)=O. The molecule has 0 fully saturated rings. The van der Waals surface area contributed by atoms with Crippen molar-refractivity contribution in [2.24, 2.45) is 0 Å². The van der Waals surface area contributed by atoms with Crippen molar-refractivity contribution in [1.82, 2.24) is 9.79 Å². The maximum absolute atomic E-state index is 13.1. The van der Waals surface area contributed by atoms with Gasteiger partial charge in [0.2, 0.25) is 10.0 Å². The van der Waals surface area contributed by atoms with Crippen LogP contribution in [0.3, 0.4) is 0 Å². The van der Waals surface area contributed by atoms with E-state index in [9.17, 15) is 13.2 Å². The van der Waals surface area contributed by atoms with Crippen LogP contribution in [0.2, 0.25) is 0 Å². The van der Waals surface area contributed by atoms with Crippen LogP contribution in [0.5, 0.6) is 0 Å². The Kier molecular flexibility index (Phi) is 4.56. The molecule has 138 valence electrons. The Morgan fingerprint density at radius 1 is 1.07 bits per heavy atom. The molecule has 1 aliphatic heterocycles. The van der Waals surface area contributed by atoms with Crippen LogP contribution >= 0.6 is 11.3 Å². The highest BCUT2D eigenvalue weighted by molar-refractivity contribution is 7.89. The van der Waals surface area contributed by atoms with Crippen molar-refractivity contribution in [2.45, 2.75) is 17.5 Å². The standard InChI is InChI=1S/C19H16N2O4S2/c22-19(20-23)18(14-9-5-2-6-10-14)21-12-16-17(27(21,24)25)11-15(26-16)13-7-3-1-4-8-13/h1-11,18,23H,12H2,(H,20,22). The largest absolute Gasteiger partial charge is 0.289 e. The van der Waals surface area contributed by atoms with E-state index >= 15 is 0 Å². The van der Waals surface area contributed by atoms with Crippen LogP contribution in [-0.2, 0) is 21.4 Å². The van der Waals surface area contributed by atoms with Crippen molar-refractivity contribution in [3.05, 3.63) is 77.2 Å². The molecule has 2 aromatic carbocycles. The van der Waals surface area contributed by atoms with Gasteiger partial charge in [0.05, 0.1) is 11.4 Å². The molecule has 0 aliphatic carbocycles. The minimum absolute atomic E-state index is 0.0855. The van der Waals surface area contributed by atoms with Gasteiger partial charge < -0.3 is 0 Å². The Labute approximate surface area is 160 Å². The van der Waals surface area contributed by atoms with Gasteiger partial charge in [-0.1, -0.05) is 60.7 Å². The number of nitrogens with zero attached hydrogens (tertiary/aromatic N) is 1. The lowest BCUT2D eigenvalue weighted by atomic mass is 10.1. The quantitative estimate of drug-likeness (QED) is 0.520. The number of thiophene rings is 1. The fraction of sp³-hybridized carbons (Fsp3) is 0.105. The van der Waals surface area contributed by atoms with Gasteiger partial charge in [-0.15, -0.1) is 11.3 Å². The second-order valence-electron chi connectivity index (χ2n) is 6.10. The first-order valence-electron chi connectivity index (χ1n) is 8.21. The molecule has 0 spiro atoms. The molecule has 6 nitrogen and oxygen atoms in total. The Hall–Kier alpha value is -2.52. The number of hydrogen-bond donors (Lipinski definition) is 2. The number of sulfonamides is 1. The molecule has 2 N–H and O–H groups in total. The van der Waals surface area contributed by atoms with Gasteiger partial charge in [-0.3, -0.25) is 10.0 Å². The molecule has 1 unspecified atom stereocenters. The molecule has 1 aliphatic rings. The van der Waals surface area contributed by atoms with Crippen molar-refractivity contribution in [3.63, 3.8) is 0 Å². The first-order valence-corrected chi connectivity index (χ1v) is 10.5. The van der Waals surface area contributed by atoms with Gasteiger partial charge in [0.1, 0.15) is 6.04 Å². The molecule has 8 heteroatoms. The molecule has 27 heavy (non-hydrogen) atoms. The van der Waals surface area contributed by atoms with Crippen molar-refractivity contribution in [3.8, 4) is 10.4 Å². The van der Waals surface area contributed by atoms with E-state index in [0.717, 1.165) is 14.7 Å². The number of nitrogens with one attached hydrogen (secondary N) is 1. The summed E-state index contributed by atoms with van der Waals surface area (Å²) in [5.41, 5.74) is 3.03. The molecule has 0 radical (unpaired) electrons. The van der Waals surface area contributed by atoms with E-state index < -0.39 is 22.0 Å². The molecule has 2 heterocycles. The van der Waals surface area contributed by atoms with Gasteiger partial charge >= 0.3 is 0 Å². The van der Waals surface area contributed by atoms with Crippen LogP contribution < -0.4 is 5.48 Å². The van der Waals surface area contributed by atoms with Crippen LogP contribution in [0.25, 0.3) is 10.4 Å². The summed E-state index contributed by atoms with van der Waals surface area (Å²) >= 11 is 1.40. The van der Waals surface area contributed by atoms with Gasteiger partial charge in [-0.05, 0) is 17.2 Å². The van der Waals surface area contributed by atoms with Crippen LogP contribution in [-0.4, -0.2) is 23.8 Å². The summed E-state index contributed by atoms with van der Waals surface area (Å²) in [5, 5.41) is 9.14. The lowest BCUT2D eigenvalue weighted by Gasteiger charge is -2.25. The first kappa shape index (κ1) is 17.9. The highest BCUT2D eigenvalue weighted by Crippen LogP contribution is 2.44. The predicted octanol–water partition coefficient (Wildman–Crippen LogP) is 3.17. The number of hydrogen-bond acceptors (Lipinski definition) is 5. The summed E-state index contributed by atoms with van der Waals surface area (Å²) in [5.74, 6) is -0.789. The number of hydroxylamine groups is 1. The maximum atomic E-state index is 13.1. The number of carbonyl (C=O) groups is 1. The number of fused-ring (bicyclic) bond motifs is 1. The zero-order valence-corrected chi connectivity index (χ0v) is 15.7. The monoisotopic (exact) mass is 400 g/mol.